The number of pyridine rings is 1. The number of amides is 2. The minimum absolute atomic E-state index is 0.136. The summed E-state index contributed by atoms with van der Waals surface area (Å²) in [5.41, 5.74) is 2.93. The molecule has 3 heterocycles. The van der Waals surface area contributed by atoms with Gasteiger partial charge in [0, 0.05) is 42.9 Å². The Morgan fingerprint density at radius 3 is 2.47 bits per heavy atom. The van der Waals surface area contributed by atoms with Crippen molar-refractivity contribution in [3.63, 3.8) is 0 Å². The van der Waals surface area contributed by atoms with Crippen LogP contribution in [0.5, 0.6) is 0 Å². The van der Waals surface area contributed by atoms with E-state index in [4.69, 9.17) is 4.98 Å². The molecule has 5 nitrogen and oxygen atoms in total. The molecular weight excluding hydrogens is 429 g/mol. The van der Waals surface area contributed by atoms with Gasteiger partial charge in [0.25, 0.3) is 11.8 Å². The van der Waals surface area contributed by atoms with Gasteiger partial charge in [0.2, 0.25) is 0 Å². The molecule has 3 aliphatic rings. The molecule has 5 rings (SSSR count). The Morgan fingerprint density at radius 1 is 0.912 bits per heavy atom. The zero-order valence-electron chi connectivity index (χ0n) is 20.0. The van der Waals surface area contributed by atoms with E-state index in [-0.39, 0.29) is 17.7 Å². The first-order chi connectivity index (χ1) is 16.5. The Kier molecular flexibility index (Phi) is 6.66. The number of aromatic nitrogens is 1. The fraction of sp³-hybridized carbons (Fsp3) is 0.536. The number of carbonyl (C=O) groups is 2. The minimum atomic E-state index is -0.397. The number of hydrogen-bond donors (Lipinski definition) is 0. The summed E-state index contributed by atoms with van der Waals surface area (Å²) >= 11 is 0. The number of likely N-dealkylation sites (tertiary alicyclic amines) is 2. The van der Waals surface area contributed by atoms with Gasteiger partial charge < -0.3 is 9.80 Å². The summed E-state index contributed by atoms with van der Waals surface area (Å²) < 4.78 is 13.6. The maximum absolute atomic E-state index is 13.8. The van der Waals surface area contributed by atoms with Crippen molar-refractivity contribution < 1.29 is 14.0 Å². The van der Waals surface area contributed by atoms with Gasteiger partial charge in [-0.3, -0.25) is 14.6 Å². The number of carbonyl (C=O) groups excluding carboxylic acids is 2. The van der Waals surface area contributed by atoms with Crippen molar-refractivity contribution in [1.82, 2.24) is 14.8 Å². The fourth-order valence-electron chi connectivity index (χ4n) is 6.26. The predicted octanol–water partition coefficient (Wildman–Crippen LogP) is 5.34. The zero-order valence-corrected chi connectivity index (χ0v) is 20.0. The number of piperidine rings is 2. The molecule has 34 heavy (non-hydrogen) atoms. The predicted molar refractivity (Wildman–Crippen MR) is 129 cm³/mol. The molecule has 2 aromatic rings. The number of rotatable bonds is 3. The van der Waals surface area contributed by atoms with Gasteiger partial charge in [-0.15, -0.1) is 0 Å². The molecule has 180 valence electrons. The van der Waals surface area contributed by atoms with Crippen molar-refractivity contribution in [1.29, 1.82) is 0 Å². The zero-order chi connectivity index (χ0) is 23.7. The van der Waals surface area contributed by atoms with Crippen molar-refractivity contribution in [2.75, 3.05) is 19.6 Å². The molecular formula is C28H34FN3O2. The van der Waals surface area contributed by atoms with Crippen molar-refractivity contribution in [3.05, 3.63) is 64.7 Å². The monoisotopic (exact) mass is 463 g/mol. The van der Waals surface area contributed by atoms with Gasteiger partial charge in [0.05, 0.1) is 11.3 Å². The molecule has 0 spiro atoms. The topological polar surface area (TPSA) is 53.5 Å². The molecule has 1 saturated carbocycles. The number of nitrogens with zero attached hydrogens (tertiary/aromatic N) is 3. The van der Waals surface area contributed by atoms with Gasteiger partial charge in [-0.05, 0) is 81.7 Å². The summed E-state index contributed by atoms with van der Waals surface area (Å²) in [6.45, 7) is 3.97. The highest BCUT2D eigenvalue weighted by molar-refractivity contribution is 5.96. The van der Waals surface area contributed by atoms with Gasteiger partial charge in [-0.1, -0.05) is 18.9 Å². The minimum Gasteiger partial charge on any atom is -0.339 e. The quantitative estimate of drug-likeness (QED) is 0.617. The first kappa shape index (κ1) is 23.0. The summed E-state index contributed by atoms with van der Waals surface area (Å²) in [5, 5.41) is 0. The van der Waals surface area contributed by atoms with E-state index in [1.54, 1.807) is 17.0 Å². The highest BCUT2D eigenvalue weighted by Crippen LogP contribution is 2.37. The molecule has 2 aliphatic heterocycles. The molecule has 1 aromatic heterocycles. The van der Waals surface area contributed by atoms with Crippen LogP contribution in [0.15, 0.2) is 36.4 Å². The van der Waals surface area contributed by atoms with E-state index in [1.807, 2.05) is 19.1 Å². The number of fused-ring (bicyclic) bond motifs is 1. The first-order valence-corrected chi connectivity index (χ1v) is 12.8. The maximum atomic E-state index is 13.8. The second-order valence-corrected chi connectivity index (χ2v) is 10.2. The fourth-order valence-corrected chi connectivity index (χ4v) is 6.26. The molecule has 0 radical (unpaired) electrons. The summed E-state index contributed by atoms with van der Waals surface area (Å²) in [4.78, 5) is 35.4. The average molecular weight is 464 g/mol. The van der Waals surface area contributed by atoms with E-state index in [2.05, 4.69) is 4.90 Å². The Hall–Kier alpha value is -2.76. The lowest BCUT2D eigenvalue weighted by atomic mass is 9.78. The second kappa shape index (κ2) is 9.85. The van der Waals surface area contributed by atoms with E-state index >= 15 is 0 Å². The first-order valence-electron chi connectivity index (χ1n) is 12.8. The Bertz CT molecular complexity index is 1060. The Labute approximate surface area is 201 Å². The molecule has 3 fully saturated rings. The largest absolute Gasteiger partial charge is 0.339 e. The smallest absolute Gasteiger partial charge is 0.255 e. The highest BCUT2D eigenvalue weighted by Gasteiger charge is 2.37. The number of halogens is 1. The van der Waals surface area contributed by atoms with Crippen molar-refractivity contribution in [2.45, 2.75) is 70.3 Å². The van der Waals surface area contributed by atoms with Gasteiger partial charge >= 0.3 is 0 Å². The molecule has 0 bridgehead atoms. The molecule has 1 aliphatic carbocycles. The average Bonchev–Trinajstić information content (AvgIpc) is 2.87. The van der Waals surface area contributed by atoms with Crippen molar-refractivity contribution in [2.24, 2.45) is 5.92 Å². The lowest BCUT2D eigenvalue weighted by molar-refractivity contribution is 0.0387. The Morgan fingerprint density at radius 2 is 1.68 bits per heavy atom. The normalized spacial score (nSPS) is 23.5. The van der Waals surface area contributed by atoms with Crippen LogP contribution in [0.25, 0.3) is 0 Å². The van der Waals surface area contributed by atoms with E-state index in [9.17, 15) is 14.0 Å². The van der Waals surface area contributed by atoms with Crippen LogP contribution in [0.4, 0.5) is 4.39 Å². The van der Waals surface area contributed by atoms with E-state index in [0.717, 1.165) is 49.2 Å². The molecule has 0 N–H and O–H groups in total. The molecule has 2 amide bonds. The van der Waals surface area contributed by atoms with Crippen LogP contribution < -0.4 is 0 Å². The molecule has 6 heteroatoms. The lowest BCUT2D eigenvalue weighted by Crippen LogP contribution is -2.50. The van der Waals surface area contributed by atoms with E-state index in [1.165, 1.54) is 37.8 Å². The third kappa shape index (κ3) is 4.59. The molecule has 2 atom stereocenters. The van der Waals surface area contributed by atoms with Crippen LogP contribution in [0, 0.1) is 18.7 Å². The van der Waals surface area contributed by atoms with Crippen LogP contribution in [0.3, 0.4) is 0 Å². The summed E-state index contributed by atoms with van der Waals surface area (Å²) in [7, 11) is 0. The number of aryl methyl sites for hydroxylation is 1. The van der Waals surface area contributed by atoms with Crippen LogP contribution in [0.1, 0.15) is 89.4 Å². The third-order valence-corrected chi connectivity index (χ3v) is 8.04. The molecule has 1 aromatic carbocycles. The van der Waals surface area contributed by atoms with Gasteiger partial charge in [-0.25, -0.2) is 4.39 Å². The van der Waals surface area contributed by atoms with E-state index < -0.39 is 5.82 Å². The van der Waals surface area contributed by atoms with Crippen molar-refractivity contribution >= 4 is 11.8 Å². The molecule has 2 unspecified atom stereocenters. The maximum Gasteiger partial charge on any atom is 0.255 e. The van der Waals surface area contributed by atoms with Gasteiger partial charge in [0.15, 0.2) is 0 Å². The highest BCUT2D eigenvalue weighted by atomic mass is 19.1. The van der Waals surface area contributed by atoms with Gasteiger partial charge in [0.1, 0.15) is 5.82 Å². The summed E-state index contributed by atoms with van der Waals surface area (Å²) in [6, 6.07) is 10.2. The number of hydrogen-bond acceptors (Lipinski definition) is 3. The second-order valence-electron chi connectivity index (χ2n) is 10.2. The van der Waals surface area contributed by atoms with Crippen LogP contribution in [0.2, 0.25) is 0 Å². The number of benzene rings is 1. The van der Waals surface area contributed by atoms with Gasteiger partial charge in [-0.2, -0.15) is 0 Å². The van der Waals surface area contributed by atoms with E-state index in [0.29, 0.717) is 30.6 Å². The molecule has 2 saturated heterocycles. The third-order valence-electron chi connectivity index (χ3n) is 8.04. The SMILES string of the molecule is Cc1ccc(C(=O)N2CCCC3CCCCC32)c(C2CCN(C(=O)c3cccc(F)c3)CC2)n1. The van der Waals surface area contributed by atoms with Crippen LogP contribution >= 0.6 is 0 Å². The lowest BCUT2D eigenvalue weighted by Gasteiger charge is -2.44. The standard InChI is InChI=1S/C28H34FN3O2/c1-19-11-12-24(28(34)32-15-5-8-20-6-2-3-10-25(20)32)26(30-19)21-13-16-31(17-14-21)27(33)22-7-4-9-23(29)18-22/h4,7,9,11-12,18,20-21,25H,2-3,5-6,8,10,13-17H2,1H3. The summed E-state index contributed by atoms with van der Waals surface area (Å²) in [5.74, 6) is 0.388. The van der Waals surface area contributed by atoms with Crippen molar-refractivity contribution in [3.8, 4) is 0 Å². The van der Waals surface area contributed by atoms with Crippen LogP contribution in [-0.4, -0.2) is 52.3 Å². The Balaban J connectivity index is 1.32. The summed E-state index contributed by atoms with van der Waals surface area (Å²) in [6.07, 6.45) is 8.69. The van der Waals surface area contributed by atoms with Crippen LogP contribution in [-0.2, 0) is 0 Å².